The van der Waals surface area contributed by atoms with Crippen molar-refractivity contribution in [2.75, 3.05) is 5.32 Å². The van der Waals surface area contributed by atoms with Gasteiger partial charge in [0.15, 0.2) is 0 Å². The topological polar surface area (TPSA) is 12.0 Å². The number of rotatable bonds is 1. The Morgan fingerprint density at radius 2 is 1.87 bits per heavy atom. The Kier molecular flexibility index (Phi) is 3.84. The molecule has 0 bridgehead atoms. The SMILES string of the molecule is Cc1ccccc1C1Nc2c(Cl)cc(Cl)c(Cl)c2C2C=CCC21. The summed E-state index contributed by atoms with van der Waals surface area (Å²) in [5.41, 5.74) is 4.56. The van der Waals surface area contributed by atoms with Crippen LogP contribution in [0.15, 0.2) is 42.5 Å². The van der Waals surface area contributed by atoms with E-state index >= 15 is 0 Å². The lowest BCUT2D eigenvalue weighted by Gasteiger charge is -2.39. The molecular weight excluding hydrogens is 349 g/mol. The van der Waals surface area contributed by atoms with Crippen LogP contribution in [0.1, 0.15) is 35.1 Å². The Morgan fingerprint density at radius 3 is 2.65 bits per heavy atom. The van der Waals surface area contributed by atoms with Gasteiger partial charge in [0.1, 0.15) is 0 Å². The molecule has 0 amide bonds. The third kappa shape index (κ3) is 2.38. The van der Waals surface area contributed by atoms with Gasteiger partial charge in [0.25, 0.3) is 0 Å². The van der Waals surface area contributed by atoms with Crippen LogP contribution in [0.25, 0.3) is 0 Å². The fourth-order valence-corrected chi connectivity index (χ4v) is 4.71. The molecule has 0 fully saturated rings. The van der Waals surface area contributed by atoms with Gasteiger partial charge in [-0.3, -0.25) is 0 Å². The summed E-state index contributed by atoms with van der Waals surface area (Å²) in [5, 5.41) is 5.41. The second-order valence-electron chi connectivity index (χ2n) is 6.27. The lowest BCUT2D eigenvalue weighted by molar-refractivity contribution is 0.424. The summed E-state index contributed by atoms with van der Waals surface area (Å²) >= 11 is 19.2. The summed E-state index contributed by atoms with van der Waals surface area (Å²) in [6, 6.07) is 10.5. The predicted molar refractivity (Wildman–Crippen MR) is 99.0 cm³/mol. The van der Waals surface area contributed by atoms with Crippen LogP contribution in [0.5, 0.6) is 0 Å². The first-order valence-corrected chi connectivity index (χ1v) is 8.87. The Balaban J connectivity index is 1.90. The van der Waals surface area contributed by atoms with Crippen LogP contribution in [0.4, 0.5) is 5.69 Å². The maximum Gasteiger partial charge on any atom is 0.0656 e. The van der Waals surface area contributed by atoms with E-state index in [9.17, 15) is 0 Å². The first-order valence-electron chi connectivity index (χ1n) is 7.74. The summed E-state index contributed by atoms with van der Waals surface area (Å²) < 4.78 is 0. The molecule has 0 spiro atoms. The van der Waals surface area contributed by atoms with Crippen LogP contribution in [-0.4, -0.2) is 0 Å². The Bertz CT molecular complexity index is 813. The molecule has 118 valence electrons. The lowest BCUT2D eigenvalue weighted by atomic mass is 9.76. The largest absolute Gasteiger partial charge is 0.376 e. The highest BCUT2D eigenvalue weighted by Crippen LogP contribution is 2.55. The highest BCUT2D eigenvalue weighted by Gasteiger charge is 2.40. The zero-order valence-electron chi connectivity index (χ0n) is 12.6. The minimum absolute atomic E-state index is 0.221. The summed E-state index contributed by atoms with van der Waals surface area (Å²) in [7, 11) is 0. The van der Waals surface area contributed by atoms with Gasteiger partial charge in [-0.25, -0.2) is 0 Å². The quantitative estimate of drug-likeness (QED) is 0.434. The van der Waals surface area contributed by atoms with Crippen molar-refractivity contribution in [1.82, 2.24) is 0 Å². The van der Waals surface area contributed by atoms with E-state index in [1.165, 1.54) is 11.1 Å². The highest BCUT2D eigenvalue weighted by molar-refractivity contribution is 6.44. The smallest absolute Gasteiger partial charge is 0.0656 e. The molecule has 2 aliphatic rings. The molecule has 0 saturated carbocycles. The zero-order valence-corrected chi connectivity index (χ0v) is 14.9. The van der Waals surface area contributed by atoms with Crippen molar-refractivity contribution in [2.24, 2.45) is 5.92 Å². The Morgan fingerprint density at radius 1 is 1.09 bits per heavy atom. The average molecular weight is 365 g/mol. The van der Waals surface area contributed by atoms with Crippen molar-refractivity contribution < 1.29 is 0 Å². The monoisotopic (exact) mass is 363 g/mol. The fourth-order valence-electron chi connectivity index (χ4n) is 3.91. The van der Waals surface area contributed by atoms with Crippen molar-refractivity contribution in [3.63, 3.8) is 0 Å². The van der Waals surface area contributed by atoms with E-state index in [1.54, 1.807) is 6.07 Å². The molecule has 4 heteroatoms. The molecule has 2 aromatic rings. The number of aryl methyl sites for hydroxylation is 1. The fraction of sp³-hybridized carbons (Fsp3) is 0.263. The Hall–Kier alpha value is -1.15. The summed E-state index contributed by atoms with van der Waals surface area (Å²) in [5.74, 6) is 0.676. The second kappa shape index (κ2) is 5.73. The highest BCUT2D eigenvalue weighted by atomic mass is 35.5. The van der Waals surface area contributed by atoms with Gasteiger partial charge in [0, 0.05) is 11.5 Å². The number of benzene rings is 2. The number of anilines is 1. The van der Waals surface area contributed by atoms with Crippen molar-refractivity contribution >= 4 is 40.5 Å². The van der Waals surface area contributed by atoms with E-state index < -0.39 is 0 Å². The predicted octanol–water partition coefficient (Wildman–Crippen LogP) is 6.78. The van der Waals surface area contributed by atoms with Crippen molar-refractivity contribution in [3.8, 4) is 0 Å². The van der Waals surface area contributed by atoms with Crippen molar-refractivity contribution in [3.05, 3.63) is 74.2 Å². The first kappa shape index (κ1) is 15.4. The van der Waals surface area contributed by atoms with Gasteiger partial charge in [-0.2, -0.15) is 0 Å². The standard InChI is InChI=1S/C19H16Cl3N/c1-10-5-2-3-6-11(10)18-13-8-4-7-12(13)16-17(22)14(20)9-15(21)19(16)23-18/h2-7,9,12-13,18,23H,8H2,1H3. The normalized spacial score (nSPS) is 25.0. The van der Waals surface area contributed by atoms with Gasteiger partial charge in [-0.15, -0.1) is 0 Å². The maximum atomic E-state index is 6.51. The van der Waals surface area contributed by atoms with E-state index in [2.05, 4.69) is 48.7 Å². The molecule has 3 unspecified atom stereocenters. The molecule has 1 aliphatic heterocycles. The van der Waals surface area contributed by atoms with Gasteiger partial charge in [-0.1, -0.05) is 71.2 Å². The molecule has 0 saturated heterocycles. The zero-order chi connectivity index (χ0) is 16.1. The molecule has 4 rings (SSSR count). The number of allylic oxidation sites excluding steroid dienone is 2. The third-order valence-electron chi connectivity index (χ3n) is 5.01. The summed E-state index contributed by atoms with van der Waals surface area (Å²) in [4.78, 5) is 0. The summed E-state index contributed by atoms with van der Waals surface area (Å²) in [6.45, 7) is 2.15. The lowest BCUT2D eigenvalue weighted by Crippen LogP contribution is -2.30. The van der Waals surface area contributed by atoms with E-state index in [1.807, 2.05) is 0 Å². The minimum atomic E-state index is 0.221. The van der Waals surface area contributed by atoms with Crippen molar-refractivity contribution in [2.45, 2.75) is 25.3 Å². The number of fused-ring (bicyclic) bond motifs is 3. The van der Waals surface area contributed by atoms with Crippen LogP contribution in [0, 0.1) is 12.8 Å². The Labute approximate surface area is 151 Å². The third-order valence-corrected chi connectivity index (χ3v) is 6.11. The number of halogens is 3. The second-order valence-corrected chi connectivity index (χ2v) is 7.47. The van der Waals surface area contributed by atoms with Gasteiger partial charge < -0.3 is 5.32 Å². The minimum Gasteiger partial charge on any atom is -0.376 e. The van der Waals surface area contributed by atoms with E-state index in [0.717, 1.165) is 17.7 Å². The molecule has 1 nitrogen and oxygen atoms in total. The van der Waals surface area contributed by atoms with Gasteiger partial charge in [0.2, 0.25) is 0 Å². The maximum absolute atomic E-state index is 6.51. The molecule has 23 heavy (non-hydrogen) atoms. The van der Waals surface area contributed by atoms with Gasteiger partial charge >= 0.3 is 0 Å². The average Bonchev–Trinajstić information content (AvgIpc) is 3.01. The number of hydrogen-bond acceptors (Lipinski definition) is 1. The molecule has 0 radical (unpaired) electrons. The first-order chi connectivity index (χ1) is 11.1. The molecule has 2 aromatic carbocycles. The van der Waals surface area contributed by atoms with Crippen LogP contribution >= 0.6 is 34.8 Å². The van der Waals surface area contributed by atoms with E-state index in [0.29, 0.717) is 21.0 Å². The van der Waals surface area contributed by atoms with Gasteiger partial charge in [0.05, 0.1) is 26.8 Å². The molecule has 1 aliphatic carbocycles. The van der Waals surface area contributed by atoms with Crippen LogP contribution in [0.2, 0.25) is 15.1 Å². The summed E-state index contributed by atoms with van der Waals surface area (Å²) in [6.07, 6.45) is 5.51. The molecule has 1 heterocycles. The van der Waals surface area contributed by atoms with Crippen LogP contribution in [0.3, 0.4) is 0 Å². The molecular formula is C19H16Cl3N. The molecule has 1 N–H and O–H groups in total. The van der Waals surface area contributed by atoms with Crippen molar-refractivity contribution in [1.29, 1.82) is 0 Å². The van der Waals surface area contributed by atoms with Crippen LogP contribution < -0.4 is 5.32 Å². The molecule has 0 aromatic heterocycles. The van der Waals surface area contributed by atoms with Gasteiger partial charge in [-0.05, 0) is 36.5 Å². The van der Waals surface area contributed by atoms with Crippen LogP contribution in [-0.2, 0) is 0 Å². The molecule has 3 atom stereocenters. The van der Waals surface area contributed by atoms with E-state index in [-0.39, 0.29) is 12.0 Å². The number of nitrogens with one attached hydrogen (secondary N) is 1. The van der Waals surface area contributed by atoms with E-state index in [4.69, 9.17) is 34.8 Å². The number of hydrogen-bond donors (Lipinski definition) is 1.